The number of rotatable bonds is 52. The summed E-state index contributed by atoms with van der Waals surface area (Å²) in [5.41, 5.74) is 0. The van der Waals surface area contributed by atoms with Crippen molar-refractivity contribution in [2.75, 3.05) is 13.2 Å². The number of carbonyl (C=O) groups excluding carboxylic acids is 2. The fourth-order valence-electron chi connectivity index (χ4n) is 8.63. The summed E-state index contributed by atoms with van der Waals surface area (Å²) in [5, 5.41) is 23.2. The summed E-state index contributed by atoms with van der Waals surface area (Å²) in [5.74, 6) is -0.0561. The monoisotopic (exact) mass is 888 g/mol. The van der Waals surface area contributed by atoms with Crippen LogP contribution in [0.5, 0.6) is 0 Å². The van der Waals surface area contributed by atoms with Gasteiger partial charge in [0.2, 0.25) is 5.91 Å². The molecule has 0 aromatic carbocycles. The van der Waals surface area contributed by atoms with Gasteiger partial charge >= 0.3 is 5.97 Å². The molecule has 0 aliphatic heterocycles. The maximum absolute atomic E-state index is 12.4. The molecular formula is C57H109NO5. The minimum Gasteiger partial charge on any atom is -0.466 e. The van der Waals surface area contributed by atoms with E-state index >= 15 is 0 Å². The third kappa shape index (κ3) is 49.6. The molecule has 0 rings (SSSR count). The quantitative estimate of drug-likeness (QED) is 0.0321. The molecule has 0 aromatic heterocycles. The van der Waals surface area contributed by atoms with Crippen LogP contribution in [0.15, 0.2) is 24.3 Å². The predicted molar refractivity (Wildman–Crippen MR) is 273 cm³/mol. The van der Waals surface area contributed by atoms with Crippen molar-refractivity contribution >= 4 is 11.9 Å². The molecule has 1 amide bonds. The molecule has 0 saturated heterocycles. The molecule has 6 nitrogen and oxygen atoms in total. The van der Waals surface area contributed by atoms with Crippen molar-refractivity contribution in [3.63, 3.8) is 0 Å². The van der Waals surface area contributed by atoms with Crippen LogP contribution in [0, 0.1) is 0 Å². The Balaban J connectivity index is 3.45. The number of unbranched alkanes of at least 4 members (excludes halogenated alkanes) is 37. The summed E-state index contributed by atoms with van der Waals surface area (Å²) in [4.78, 5) is 24.5. The largest absolute Gasteiger partial charge is 0.466 e. The van der Waals surface area contributed by atoms with Crippen LogP contribution < -0.4 is 5.32 Å². The summed E-state index contributed by atoms with van der Waals surface area (Å²) >= 11 is 0. The lowest BCUT2D eigenvalue weighted by Gasteiger charge is -2.22. The van der Waals surface area contributed by atoms with Gasteiger partial charge in [0.05, 0.1) is 25.4 Å². The second-order valence-electron chi connectivity index (χ2n) is 19.3. The van der Waals surface area contributed by atoms with E-state index in [2.05, 4.69) is 43.5 Å². The molecule has 0 radical (unpaired) electrons. The Kier molecular flexibility index (Phi) is 51.6. The van der Waals surface area contributed by atoms with E-state index in [4.69, 9.17) is 4.74 Å². The van der Waals surface area contributed by atoms with Crippen LogP contribution >= 0.6 is 0 Å². The Morgan fingerprint density at radius 2 is 0.746 bits per heavy atom. The second kappa shape index (κ2) is 53.0. The normalized spacial score (nSPS) is 12.8. The molecule has 63 heavy (non-hydrogen) atoms. The lowest BCUT2D eigenvalue weighted by atomic mass is 10.0. The number of esters is 1. The van der Waals surface area contributed by atoms with E-state index < -0.39 is 12.1 Å². The van der Waals surface area contributed by atoms with Gasteiger partial charge in [-0.3, -0.25) is 9.59 Å². The highest BCUT2D eigenvalue weighted by Crippen LogP contribution is 2.16. The van der Waals surface area contributed by atoms with Gasteiger partial charge in [-0.05, 0) is 77.0 Å². The third-order valence-corrected chi connectivity index (χ3v) is 13.0. The highest BCUT2D eigenvalue weighted by molar-refractivity contribution is 5.76. The van der Waals surface area contributed by atoms with Gasteiger partial charge in [-0.1, -0.05) is 237 Å². The van der Waals surface area contributed by atoms with Crippen molar-refractivity contribution in [3.8, 4) is 0 Å². The number of hydrogen-bond donors (Lipinski definition) is 3. The summed E-state index contributed by atoms with van der Waals surface area (Å²) in [7, 11) is 0. The molecule has 0 heterocycles. The van der Waals surface area contributed by atoms with E-state index in [0.29, 0.717) is 25.9 Å². The molecule has 0 saturated carbocycles. The minimum atomic E-state index is -0.671. The fourth-order valence-corrected chi connectivity index (χ4v) is 8.63. The maximum atomic E-state index is 12.4. The van der Waals surface area contributed by atoms with Crippen LogP contribution in [0.4, 0.5) is 0 Å². The lowest BCUT2D eigenvalue weighted by molar-refractivity contribution is -0.143. The van der Waals surface area contributed by atoms with Crippen molar-refractivity contribution in [2.45, 2.75) is 315 Å². The first kappa shape index (κ1) is 61.3. The van der Waals surface area contributed by atoms with Gasteiger partial charge < -0.3 is 20.3 Å². The van der Waals surface area contributed by atoms with Crippen molar-refractivity contribution in [1.29, 1.82) is 0 Å². The van der Waals surface area contributed by atoms with Crippen molar-refractivity contribution in [3.05, 3.63) is 24.3 Å². The van der Waals surface area contributed by atoms with E-state index in [-0.39, 0.29) is 18.5 Å². The first-order valence-corrected chi connectivity index (χ1v) is 28.1. The third-order valence-electron chi connectivity index (χ3n) is 13.0. The molecule has 0 fully saturated rings. The highest BCUT2D eigenvalue weighted by Gasteiger charge is 2.20. The highest BCUT2D eigenvalue weighted by atomic mass is 16.5. The van der Waals surface area contributed by atoms with Crippen LogP contribution in [0.2, 0.25) is 0 Å². The van der Waals surface area contributed by atoms with Crippen LogP contribution in [0.3, 0.4) is 0 Å². The molecule has 6 heteroatoms. The topological polar surface area (TPSA) is 95.9 Å². The Morgan fingerprint density at radius 3 is 1.13 bits per heavy atom. The van der Waals surface area contributed by atoms with E-state index in [1.165, 1.54) is 212 Å². The van der Waals surface area contributed by atoms with Crippen LogP contribution in [-0.2, 0) is 14.3 Å². The molecule has 3 N–H and O–H groups in total. The number of amides is 1. The van der Waals surface area contributed by atoms with E-state index in [1.807, 2.05) is 0 Å². The zero-order chi connectivity index (χ0) is 45.8. The lowest BCUT2D eigenvalue weighted by Crippen LogP contribution is -2.45. The molecule has 2 unspecified atom stereocenters. The summed E-state index contributed by atoms with van der Waals surface area (Å²) in [6.07, 6.45) is 63.0. The van der Waals surface area contributed by atoms with Crippen molar-refractivity contribution in [2.24, 2.45) is 0 Å². The molecule has 372 valence electrons. The summed E-state index contributed by atoms with van der Waals surface area (Å²) in [6, 6.07) is -0.550. The first-order valence-electron chi connectivity index (χ1n) is 28.1. The average Bonchev–Trinajstić information content (AvgIpc) is 3.28. The molecule has 2 atom stereocenters. The second-order valence-corrected chi connectivity index (χ2v) is 19.3. The van der Waals surface area contributed by atoms with Gasteiger partial charge in [-0.2, -0.15) is 0 Å². The first-order chi connectivity index (χ1) is 31.0. The molecule has 0 bridgehead atoms. The Hall–Kier alpha value is -1.66. The average molecular weight is 889 g/mol. The zero-order valence-electron chi connectivity index (χ0n) is 42.3. The smallest absolute Gasteiger partial charge is 0.305 e. The fraction of sp³-hybridized carbons (Fsp3) is 0.895. The molecular weight excluding hydrogens is 779 g/mol. The van der Waals surface area contributed by atoms with Gasteiger partial charge in [0.25, 0.3) is 0 Å². The van der Waals surface area contributed by atoms with Crippen LogP contribution in [0.25, 0.3) is 0 Å². The number of hydrogen-bond acceptors (Lipinski definition) is 5. The van der Waals surface area contributed by atoms with Gasteiger partial charge in [0.15, 0.2) is 0 Å². The number of allylic oxidation sites excluding steroid dienone is 4. The van der Waals surface area contributed by atoms with Crippen molar-refractivity contribution < 1.29 is 24.5 Å². The number of nitrogens with one attached hydrogen (secondary N) is 1. The Labute approximate surface area is 392 Å². The SMILES string of the molecule is CCCCCCCCC/C=C\CCCCCCCC(=O)OCCCCCCCC/C=C\CCCCCCCCCC(=O)NC(CO)C(O)CCCCCCCCCCCCCCC. The number of aliphatic hydroxyl groups excluding tert-OH is 2. The standard InChI is InChI=1S/C57H109NO5/c1-3-5-7-9-11-13-15-17-18-23-27-31-35-39-43-47-51-57(62)63-52-48-44-40-36-32-28-24-21-19-20-22-26-30-34-38-42-46-50-56(61)58-54(53-59)55(60)49-45-41-37-33-29-25-16-14-12-10-8-6-4-2/h18-19,21,23,54-55,59-60H,3-17,20,22,24-53H2,1-2H3,(H,58,61)/b21-19-,23-18-. The van der Waals surface area contributed by atoms with Crippen molar-refractivity contribution in [1.82, 2.24) is 5.32 Å². The van der Waals surface area contributed by atoms with Gasteiger partial charge in [0, 0.05) is 12.8 Å². The molecule has 0 spiro atoms. The zero-order valence-corrected chi connectivity index (χ0v) is 42.3. The van der Waals surface area contributed by atoms with Gasteiger partial charge in [-0.25, -0.2) is 0 Å². The van der Waals surface area contributed by atoms with E-state index in [9.17, 15) is 19.8 Å². The number of carbonyl (C=O) groups is 2. The summed E-state index contributed by atoms with van der Waals surface area (Å²) in [6.45, 7) is 4.93. The molecule has 0 aromatic rings. The number of aliphatic hydroxyl groups is 2. The van der Waals surface area contributed by atoms with Gasteiger partial charge in [-0.15, -0.1) is 0 Å². The predicted octanol–water partition coefficient (Wildman–Crippen LogP) is 17.1. The van der Waals surface area contributed by atoms with Crippen LogP contribution in [-0.4, -0.2) is 47.4 Å². The Bertz CT molecular complexity index is 982. The van der Waals surface area contributed by atoms with E-state index in [0.717, 1.165) is 57.8 Å². The maximum Gasteiger partial charge on any atom is 0.305 e. The van der Waals surface area contributed by atoms with E-state index in [1.54, 1.807) is 0 Å². The Morgan fingerprint density at radius 1 is 0.429 bits per heavy atom. The molecule has 0 aliphatic rings. The molecule has 0 aliphatic carbocycles. The minimum absolute atomic E-state index is 0.00914. The number of ether oxygens (including phenoxy) is 1. The van der Waals surface area contributed by atoms with Gasteiger partial charge in [0.1, 0.15) is 0 Å². The summed E-state index contributed by atoms with van der Waals surface area (Å²) < 4.78 is 5.47. The van der Waals surface area contributed by atoms with Crippen LogP contribution in [0.1, 0.15) is 303 Å².